The molecular weight excluding hydrogens is 194 g/mol. The smallest absolute Gasteiger partial charge is 0.0561 e. The van der Waals surface area contributed by atoms with E-state index in [1.165, 1.54) is 38.0 Å². The molecule has 0 saturated carbocycles. The maximum absolute atomic E-state index is 5.51. The van der Waals surface area contributed by atoms with Crippen molar-refractivity contribution in [3.63, 3.8) is 0 Å². The largest absolute Gasteiger partial charge is 0.378 e. The Hall–Kier alpha value is 0.270. The Morgan fingerprint density at radius 3 is 3.00 bits per heavy atom. The first-order chi connectivity index (χ1) is 6.83. The van der Waals surface area contributed by atoms with Crippen molar-refractivity contribution in [1.29, 1.82) is 0 Å². The van der Waals surface area contributed by atoms with Crippen molar-refractivity contribution in [2.24, 2.45) is 0 Å². The minimum absolute atomic E-state index is 0.451. The summed E-state index contributed by atoms with van der Waals surface area (Å²) in [5.74, 6) is 1.30. The van der Waals surface area contributed by atoms with Crippen LogP contribution in [0.4, 0.5) is 0 Å². The fraction of sp³-hybridized carbons (Fsp3) is 1.00. The molecular formula is C11H23NOS. The molecule has 0 radical (unpaired) electrons. The topological polar surface area (TPSA) is 21.3 Å². The fourth-order valence-corrected chi connectivity index (χ4v) is 2.35. The van der Waals surface area contributed by atoms with Crippen LogP contribution in [0.2, 0.25) is 0 Å². The van der Waals surface area contributed by atoms with Gasteiger partial charge in [-0.05, 0) is 51.2 Å². The molecule has 0 aromatic heterocycles. The molecule has 1 heterocycles. The lowest BCUT2D eigenvalue weighted by Crippen LogP contribution is -2.38. The molecule has 2 unspecified atom stereocenters. The van der Waals surface area contributed by atoms with Gasteiger partial charge in [0.05, 0.1) is 6.10 Å². The molecule has 0 aliphatic carbocycles. The van der Waals surface area contributed by atoms with E-state index < -0.39 is 0 Å². The van der Waals surface area contributed by atoms with E-state index in [9.17, 15) is 0 Å². The molecule has 1 fully saturated rings. The number of hydrogen-bond acceptors (Lipinski definition) is 3. The monoisotopic (exact) mass is 217 g/mol. The number of unbranched alkanes of at least 4 members (excludes halogenated alkanes) is 1. The third-order valence-electron chi connectivity index (χ3n) is 2.69. The van der Waals surface area contributed by atoms with Crippen molar-refractivity contribution in [3.8, 4) is 0 Å². The molecule has 0 spiro atoms. The van der Waals surface area contributed by atoms with Crippen LogP contribution in [0.3, 0.4) is 0 Å². The van der Waals surface area contributed by atoms with Gasteiger partial charge in [-0.2, -0.15) is 11.8 Å². The number of hydrogen-bond donors (Lipinski definition) is 1. The van der Waals surface area contributed by atoms with Crippen LogP contribution in [0.5, 0.6) is 0 Å². The molecule has 0 amide bonds. The number of thioether (sulfide) groups is 1. The maximum atomic E-state index is 5.51. The van der Waals surface area contributed by atoms with Crippen LogP contribution in [0.25, 0.3) is 0 Å². The standard InChI is InChI=1S/C11H23NOS/c1-10-9-11(5-7-13-10)12-6-3-4-8-14-2/h10-12H,3-9H2,1-2H3. The highest BCUT2D eigenvalue weighted by molar-refractivity contribution is 7.98. The van der Waals surface area contributed by atoms with Gasteiger partial charge in [0.1, 0.15) is 0 Å². The lowest BCUT2D eigenvalue weighted by molar-refractivity contribution is 0.0134. The first-order valence-electron chi connectivity index (χ1n) is 5.67. The van der Waals surface area contributed by atoms with Crippen LogP contribution in [0.15, 0.2) is 0 Å². The quantitative estimate of drug-likeness (QED) is 0.690. The molecule has 0 bridgehead atoms. The number of ether oxygens (including phenoxy) is 1. The Labute approximate surface area is 92.2 Å². The van der Waals surface area contributed by atoms with Crippen LogP contribution in [0, 0.1) is 0 Å². The second kappa shape index (κ2) is 7.55. The van der Waals surface area contributed by atoms with Crippen molar-refractivity contribution < 1.29 is 4.74 Å². The van der Waals surface area contributed by atoms with Crippen LogP contribution in [-0.2, 0) is 4.74 Å². The summed E-state index contributed by atoms with van der Waals surface area (Å²) in [5.41, 5.74) is 0. The average Bonchev–Trinajstić information content (AvgIpc) is 2.18. The summed E-state index contributed by atoms with van der Waals surface area (Å²) in [7, 11) is 0. The van der Waals surface area contributed by atoms with Gasteiger partial charge >= 0.3 is 0 Å². The SMILES string of the molecule is CSCCCCNC1CCOC(C)C1. The Balaban J connectivity index is 1.95. The highest BCUT2D eigenvalue weighted by Gasteiger charge is 2.17. The van der Waals surface area contributed by atoms with Gasteiger partial charge in [-0.25, -0.2) is 0 Å². The Morgan fingerprint density at radius 2 is 2.29 bits per heavy atom. The molecule has 1 rings (SSSR count). The molecule has 1 aliphatic heterocycles. The van der Waals surface area contributed by atoms with E-state index in [0.717, 1.165) is 6.61 Å². The van der Waals surface area contributed by atoms with Crippen molar-refractivity contribution in [1.82, 2.24) is 5.32 Å². The van der Waals surface area contributed by atoms with E-state index in [-0.39, 0.29) is 0 Å². The summed E-state index contributed by atoms with van der Waals surface area (Å²) in [6.45, 7) is 4.28. The third kappa shape index (κ3) is 5.23. The Morgan fingerprint density at radius 1 is 1.43 bits per heavy atom. The first kappa shape index (κ1) is 12.3. The van der Waals surface area contributed by atoms with Crippen LogP contribution >= 0.6 is 11.8 Å². The minimum atomic E-state index is 0.451. The molecule has 84 valence electrons. The van der Waals surface area contributed by atoms with Gasteiger partial charge in [-0.3, -0.25) is 0 Å². The molecule has 2 nitrogen and oxygen atoms in total. The predicted octanol–water partition coefficient (Wildman–Crippen LogP) is 2.29. The van der Waals surface area contributed by atoms with E-state index >= 15 is 0 Å². The van der Waals surface area contributed by atoms with E-state index in [1.807, 2.05) is 11.8 Å². The second-order valence-electron chi connectivity index (χ2n) is 4.06. The summed E-state index contributed by atoms with van der Waals surface area (Å²) >= 11 is 1.94. The zero-order chi connectivity index (χ0) is 10.2. The van der Waals surface area contributed by atoms with Crippen molar-refractivity contribution in [3.05, 3.63) is 0 Å². The Kier molecular flexibility index (Phi) is 6.65. The molecule has 0 aromatic rings. The van der Waals surface area contributed by atoms with E-state index in [4.69, 9.17) is 4.74 Å². The van der Waals surface area contributed by atoms with Gasteiger partial charge in [-0.15, -0.1) is 0 Å². The summed E-state index contributed by atoms with van der Waals surface area (Å²) in [5, 5.41) is 3.62. The average molecular weight is 217 g/mol. The van der Waals surface area contributed by atoms with E-state index in [0.29, 0.717) is 12.1 Å². The maximum Gasteiger partial charge on any atom is 0.0561 e. The van der Waals surface area contributed by atoms with E-state index in [2.05, 4.69) is 18.5 Å². The van der Waals surface area contributed by atoms with Gasteiger partial charge in [0.15, 0.2) is 0 Å². The van der Waals surface area contributed by atoms with Crippen molar-refractivity contribution in [2.45, 2.75) is 44.8 Å². The molecule has 3 heteroatoms. The Bertz CT molecular complexity index is 143. The third-order valence-corrected chi connectivity index (χ3v) is 3.39. The fourth-order valence-electron chi connectivity index (χ4n) is 1.86. The zero-order valence-corrected chi connectivity index (χ0v) is 10.2. The van der Waals surface area contributed by atoms with Gasteiger partial charge in [0.2, 0.25) is 0 Å². The zero-order valence-electron chi connectivity index (χ0n) is 9.42. The van der Waals surface area contributed by atoms with Crippen LogP contribution in [-0.4, -0.2) is 37.3 Å². The molecule has 0 aromatic carbocycles. The van der Waals surface area contributed by atoms with Crippen molar-refractivity contribution in [2.75, 3.05) is 25.2 Å². The summed E-state index contributed by atoms with van der Waals surface area (Å²) in [4.78, 5) is 0. The van der Waals surface area contributed by atoms with Gasteiger partial charge < -0.3 is 10.1 Å². The normalized spacial score (nSPS) is 27.9. The van der Waals surface area contributed by atoms with Crippen LogP contribution < -0.4 is 5.32 Å². The van der Waals surface area contributed by atoms with Gasteiger partial charge in [-0.1, -0.05) is 0 Å². The lowest BCUT2D eigenvalue weighted by atomic mass is 10.0. The highest BCUT2D eigenvalue weighted by Crippen LogP contribution is 2.13. The van der Waals surface area contributed by atoms with Gasteiger partial charge in [0.25, 0.3) is 0 Å². The summed E-state index contributed by atoms with van der Waals surface area (Å²) in [6, 6.07) is 0.702. The van der Waals surface area contributed by atoms with Crippen molar-refractivity contribution >= 4 is 11.8 Å². The highest BCUT2D eigenvalue weighted by atomic mass is 32.2. The molecule has 1 saturated heterocycles. The summed E-state index contributed by atoms with van der Waals surface area (Å²) < 4.78 is 5.51. The van der Waals surface area contributed by atoms with Crippen LogP contribution in [0.1, 0.15) is 32.6 Å². The lowest BCUT2D eigenvalue weighted by Gasteiger charge is -2.28. The molecule has 1 N–H and O–H groups in total. The number of nitrogens with one attached hydrogen (secondary N) is 1. The summed E-state index contributed by atoms with van der Waals surface area (Å²) in [6.07, 6.45) is 7.65. The number of rotatable bonds is 6. The molecule has 2 atom stereocenters. The molecule has 1 aliphatic rings. The first-order valence-corrected chi connectivity index (χ1v) is 7.06. The minimum Gasteiger partial charge on any atom is -0.378 e. The van der Waals surface area contributed by atoms with Gasteiger partial charge in [0, 0.05) is 12.6 Å². The second-order valence-corrected chi connectivity index (χ2v) is 5.04. The predicted molar refractivity (Wildman–Crippen MR) is 64.1 cm³/mol. The van der Waals surface area contributed by atoms with E-state index in [1.54, 1.807) is 0 Å². The molecule has 14 heavy (non-hydrogen) atoms.